The molecule has 1 atom stereocenters. The first-order valence-corrected chi connectivity index (χ1v) is 6.90. The number of hydrogen-bond donors (Lipinski definition) is 1. The standard InChI is InChI=1S/C11H13BrN2OS/c12-9-3-1-2-8(6-9)7-14-4-5-16-11(14)10(13)15/h1-3,6,11H,4-5,7H2,(H2,13,15). The Balaban J connectivity index is 2.06. The molecule has 3 nitrogen and oxygen atoms in total. The first-order chi connectivity index (χ1) is 7.66. The molecule has 0 aromatic heterocycles. The van der Waals surface area contributed by atoms with Crippen molar-refractivity contribution in [2.45, 2.75) is 11.9 Å². The van der Waals surface area contributed by atoms with Crippen molar-refractivity contribution in [1.29, 1.82) is 0 Å². The zero-order chi connectivity index (χ0) is 11.5. The van der Waals surface area contributed by atoms with E-state index < -0.39 is 0 Å². The molecular formula is C11H13BrN2OS. The maximum absolute atomic E-state index is 11.2. The molecule has 1 aliphatic heterocycles. The number of amides is 1. The second-order valence-corrected chi connectivity index (χ2v) is 5.83. The minimum absolute atomic E-state index is 0.168. The molecule has 16 heavy (non-hydrogen) atoms. The average Bonchev–Trinajstić information content (AvgIpc) is 2.66. The first kappa shape index (κ1) is 12.0. The highest BCUT2D eigenvalue weighted by molar-refractivity contribution is 9.10. The lowest BCUT2D eigenvalue weighted by atomic mass is 10.2. The van der Waals surface area contributed by atoms with Crippen LogP contribution in [-0.4, -0.2) is 28.5 Å². The van der Waals surface area contributed by atoms with Crippen molar-refractivity contribution in [3.05, 3.63) is 34.3 Å². The number of nitrogens with two attached hydrogens (primary N) is 1. The van der Waals surface area contributed by atoms with Crippen molar-refractivity contribution in [2.75, 3.05) is 12.3 Å². The average molecular weight is 301 g/mol. The third-order valence-corrected chi connectivity index (χ3v) is 4.26. The number of primary amides is 1. The van der Waals surface area contributed by atoms with Crippen molar-refractivity contribution < 1.29 is 4.79 Å². The van der Waals surface area contributed by atoms with Gasteiger partial charge in [-0.1, -0.05) is 28.1 Å². The van der Waals surface area contributed by atoms with E-state index in [0.717, 1.165) is 23.3 Å². The summed E-state index contributed by atoms with van der Waals surface area (Å²) in [5.74, 6) is 0.735. The van der Waals surface area contributed by atoms with Crippen LogP contribution in [0.25, 0.3) is 0 Å². The topological polar surface area (TPSA) is 46.3 Å². The molecule has 1 heterocycles. The van der Waals surface area contributed by atoms with E-state index in [1.807, 2.05) is 12.1 Å². The van der Waals surface area contributed by atoms with Gasteiger partial charge in [-0.05, 0) is 17.7 Å². The van der Waals surface area contributed by atoms with Crippen molar-refractivity contribution in [1.82, 2.24) is 4.90 Å². The van der Waals surface area contributed by atoms with Crippen LogP contribution in [-0.2, 0) is 11.3 Å². The van der Waals surface area contributed by atoms with E-state index >= 15 is 0 Å². The van der Waals surface area contributed by atoms with Gasteiger partial charge in [0, 0.05) is 23.3 Å². The van der Waals surface area contributed by atoms with Crippen LogP contribution < -0.4 is 5.73 Å². The Morgan fingerprint density at radius 1 is 1.62 bits per heavy atom. The van der Waals surface area contributed by atoms with Gasteiger partial charge in [-0.15, -0.1) is 11.8 Å². The fourth-order valence-electron chi connectivity index (χ4n) is 1.80. The van der Waals surface area contributed by atoms with Gasteiger partial charge in [0.2, 0.25) is 5.91 Å². The highest BCUT2D eigenvalue weighted by atomic mass is 79.9. The molecule has 1 fully saturated rings. The molecule has 1 saturated heterocycles. The van der Waals surface area contributed by atoms with Crippen LogP contribution in [0.15, 0.2) is 28.7 Å². The van der Waals surface area contributed by atoms with E-state index in [-0.39, 0.29) is 11.3 Å². The molecule has 86 valence electrons. The summed E-state index contributed by atoms with van der Waals surface area (Å²) in [6.07, 6.45) is 0. The maximum Gasteiger partial charge on any atom is 0.245 e. The molecule has 2 rings (SSSR count). The molecule has 0 aliphatic carbocycles. The van der Waals surface area contributed by atoms with Crippen molar-refractivity contribution in [3.63, 3.8) is 0 Å². The zero-order valence-corrected chi connectivity index (χ0v) is 11.1. The molecular weight excluding hydrogens is 288 g/mol. The first-order valence-electron chi connectivity index (χ1n) is 5.06. The summed E-state index contributed by atoms with van der Waals surface area (Å²) in [5, 5.41) is -0.168. The zero-order valence-electron chi connectivity index (χ0n) is 8.73. The van der Waals surface area contributed by atoms with Gasteiger partial charge < -0.3 is 5.73 Å². The van der Waals surface area contributed by atoms with E-state index in [2.05, 4.69) is 33.0 Å². The number of benzene rings is 1. The normalized spacial score (nSPS) is 21.2. The van der Waals surface area contributed by atoms with Crippen LogP contribution in [0.1, 0.15) is 5.56 Å². The van der Waals surface area contributed by atoms with E-state index in [0.29, 0.717) is 0 Å². The molecule has 0 radical (unpaired) electrons. The third kappa shape index (κ3) is 2.78. The smallest absolute Gasteiger partial charge is 0.245 e. The number of carbonyl (C=O) groups excluding carboxylic acids is 1. The van der Waals surface area contributed by atoms with Crippen LogP contribution in [0, 0.1) is 0 Å². The van der Waals surface area contributed by atoms with Crippen LogP contribution in [0.2, 0.25) is 0 Å². The number of rotatable bonds is 3. The van der Waals surface area contributed by atoms with E-state index in [9.17, 15) is 4.79 Å². The summed E-state index contributed by atoms with van der Waals surface area (Å²) in [6, 6.07) is 8.13. The minimum Gasteiger partial charge on any atom is -0.368 e. The van der Waals surface area contributed by atoms with E-state index in [4.69, 9.17) is 5.73 Å². The van der Waals surface area contributed by atoms with Gasteiger partial charge in [0.1, 0.15) is 5.37 Å². The molecule has 2 N–H and O–H groups in total. The minimum atomic E-state index is -0.238. The third-order valence-electron chi connectivity index (χ3n) is 2.50. The lowest BCUT2D eigenvalue weighted by molar-refractivity contribution is -0.120. The fraction of sp³-hybridized carbons (Fsp3) is 0.364. The highest BCUT2D eigenvalue weighted by Crippen LogP contribution is 2.25. The lowest BCUT2D eigenvalue weighted by Gasteiger charge is -2.20. The molecule has 1 aromatic carbocycles. The second-order valence-electron chi connectivity index (χ2n) is 3.73. The van der Waals surface area contributed by atoms with Crippen LogP contribution in [0.4, 0.5) is 0 Å². The Morgan fingerprint density at radius 2 is 2.44 bits per heavy atom. The van der Waals surface area contributed by atoms with E-state index in [1.165, 1.54) is 5.56 Å². The molecule has 0 spiro atoms. The summed E-state index contributed by atoms with van der Waals surface area (Å²) < 4.78 is 1.06. The second kappa shape index (κ2) is 5.21. The number of halogens is 1. The molecule has 1 unspecified atom stereocenters. The van der Waals surface area contributed by atoms with Gasteiger partial charge in [-0.2, -0.15) is 0 Å². The van der Waals surface area contributed by atoms with Crippen LogP contribution in [0.5, 0.6) is 0 Å². The summed E-state index contributed by atoms with van der Waals surface area (Å²) in [7, 11) is 0. The van der Waals surface area contributed by atoms with Crippen molar-refractivity contribution >= 4 is 33.6 Å². The quantitative estimate of drug-likeness (QED) is 0.926. The maximum atomic E-state index is 11.2. The molecule has 1 amide bonds. The van der Waals surface area contributed by atoms with Gasteiger partial charge in [0.15, 0.2) is 0 Å². The molecule has 0 bridgehead atoms. The fourth-order valence-corrected chi connectivity index (χ4v) is 3.36. The Morgan fingerprint density at radius 3 is 3.12 bits per heavy atom. The van der Waals surface area contributed by atoms with Crippen molar-refractivity contribution in [2.24, 2.45) is 5.73 Å². The van der Waals surface area contributed by atoms with Crippen LogP contribution >= 0.6 is 27.7 Å². The number of thioether (sulfide) groups is 1. The molecule has 5 heteroatoms. The van der Waals surface area contributed by atoms with Crippen molar-refractivity contribution in [3.8, 4) is 0 Å². The van der Waals surface area contributed by atoms with Gasteiger partial charge in [0.05, 0.1) is 0 Å². The lowest BCUT2D eigenvalue weighted by Crippen LogP contribution is -2.38. The highest BCUT2D eigenvalue weighted by Gasteiger charge is 2.29. The van der Waals surface area contributed by atoms with Crippen LogP contribution in [0.3, 0.4) is 0 Å². The van der Waals surface area contributed by atoms with Gasteiger partial charge in [0.25, 0.3) is 0 Å². The molecule has 1 aliphatic rings. The van der Waals surface area contributed by atoms with Gasteiger partial charge in [-0.25, -0.2) is 0 Å². The number of hydrogen-bond acceptors (Lipinski definition) is 3. The molecule has 0 saturated carbocycles. The Labute approximate surface area is 108 Å². The summed E-state index contributed by atoms with van der Waals surface area (Å²) in [5.41, 5.74) is 6.56. The monoisotopic (exact) mass is 300 g/mol. The Kier molecular flexibility index (Phi) is 3.89. The predicted molar refractivity (Wildman–Crippen MR) is 70.0 cm³/mol. The largest absolute Gasteiger partial charge is 0.368 e. The number of nitrogens with zero attached hydrogens (tertiary/aromatic N) is 1. The summed E-state index contributed by atoms with van der Waals surface area (Å²) in [4.78, 5) is 13.3. The Hall–Kier alpha value is -0.520. The predicted octanol–water partition coefficient (Wildman–Crippen LogP) is 1.81. The Bertz CT molecular complexity index is 399. The van der Waals surface area contributed by atoms with Gasteiger partial charge >= 0.3 is 0 Å². The SMILES string of the molecule is NC(=O)C1SCCN1Cc1cccc(Br)c1. The summed E-state index contributed by atoms with van der Waals surface area (Å²) in [6.45, 7) is 1.70. The van der Waals surface area contributed by atoms with E-state index in [1.54, 1.807) is 11.8 Å². The van der Waals surface area contributed by atoms with Gasteiger partial charge in [-0.3, -0.25) is 9.69 Å². The number of carbonyl (C=O) groups is 1. The molecule has 1 aromatic rings. The summed E-state index contributed by atoms with van der Waals surface area (Å²) >= 11 is 5.06.